The van der Waals surface area contributed by atoms with Gasteiger partial charge >= 0.3 is 0 Å². The van der Waals surface area contributed by atoms with Crippen LogP contribution in [0.1, 0.15) is 31.2 Å². The van der Waals surface area contributed by atoms with Crippen molar-refractivity contribution in [3.05, 3.63) is 29.8 Å². The van der Waals surface area contributed by atoms with Gasteiger partial charge in [0.25, 0.3) is 0 Å². The molecule has 0 bridgehead atoms. The van der Waals surface area contributed by atoms with Crippen molar-refractivity contribution < 1.29 is 14.2 Å². The maximum Gasteiger partial charge on any atom is 0.119 e. The molecule has 2 fully saturated rings. The van der Waals surface area contributed by atoms with Gasteiger partial charge in [-0.3, -0.25) is 4.90 Å². The lowest BCUT2D eigenvalue weighted by Crippen LogP contribution is -2.47. The second-order valence-corrected chi connectivity index (χ2v) is 6.81. The van der Waals surface area contributed by atoms with E-state index in [2.05, 4.69) is 23.1 Å². The number of likely N-dealkylation sites (tertiary alicyclic amines) is 1. The molecule has 0 saturated carbocycles. The summed E-state index contributed by atoms with van der Waals surface area (Å²) < 4.78 is 16.8. The van der Waals surface area contributed by atoms with Crippen LogP contribution in [0.2, 0.25) is 0 Å². The number of rotatable bonds is 6. The molecule has 2 aliphatic heterocycles. The van der Waals surface area contributed by atoms with Gasteiger partial charge in [0, 0.05) is 40.0 Å². The highest BCUT2D eigenvalue weighted by Crippen LogP contribution is 2.42. The molecule has 0 aliphatic carbocycles. The molecule has 0 aromatic heterocycles. The van der Waals surface area contributed by atoms with Crippen molar-refractivity contribution in [1.29, 1.82) is 0 Å². The third-order valence-electron chi connectivity index (χ3n) is 5.51. The summed E-state index contributed by atoms with van der Waals surface area (Å²) in [5.41, 5.74) is 1.44. The predicted octanol–water partition coefficient (Wildman–Crippen LogP) is 3.10. The average Bonchev–Trinajstić information content (AvgIpc) is 2.97. The van der Waals surface area contributed by atoms with Crippen molar-refractivity contribution in [3.8, 4) is 5.75 Å². The van der Waals surface area contributed by atoms with Crippen molar-refractivity contribution >= 4 is 0 Å². The van der Waals surface area contributed by atoms with E-state index in [0.29, 0.717) is 5.92 Å². The Balaban J connectivity index is 1.55. The maximum absolute atomic E-state index is 6.22. The molecule has 4 heteroatoms. The fourth-order valence-electron chi connectivity index (χ4n) is 4.12. The fourth-order valence-corrected chi connectivity index (χ4v) is 4.12. The van der Waals surface area contributed by atoms with Crippen LogP contribution in [-0.4, -0.2) is 51.0 Å². The SMILES string of the molecule is COCC[C@H]1CCOC12CCN(Cc1cccc(OC)c1)CC2. The number of methoxy groups -OCH3 is 2. The minimum Gasteiger partial charge on any atom is -0.497 e. The number of hydrogen-bond donors (Lipinski definition) is 0. The minimum absolute atomic E-state index is 0.114. The summed E-state index contributed by atoms with van der Waals surface area (Å²) in [6, 6.07) is 8.39. The first kappa shape index (κ1) is 16.7. The molecule has 1 aromatic carbocycles. The van der Waals surface area contributed by atoms with Crippen LogP contribution in [0.4, 0.5) is 0 Å². The Bertz CT molecular complexity index is 497. The first-order chi connectivity index (χ1) is 11.3. The molecule has 1 aromatic rings. The highest BCUT2D eigenvalue weighted by molar-refractivity contribution is 5.28. The van der Waals surface area contributed by atoms with Gasteiger partial charge in [-0.05, 0) is 49.3 Å². The third-order valence-corrected chi connectivity index (χ3v) is 5.51. The molecule has 1 atom stereocenters. The van der Waals surface area contributed by atoms with Crippen LogP contribution in [0.5, 0.6) is 5.75 Å². The van der Waals surface area contributed by atoms with Crippen LogP contribution in [0.15, 0.2) is 24.3 Å². The molecule has 0 radical (unpaired) electrons. The van der Waals surface area contributed by atoms with E-state index >= 15 is 0 Å². The summed E-state index contributed by atoms with van der Waals surface area (Å²) in [7, 11) is 3.51. The highest BCUT2D eigenvalue weighted by Gasteiger charge is 2.45. The van der Waals surface area contributed by atoms with Gasteiger partial charge in [0.2, 0.25) is 0 Å². The quantitative estimate of drug-likeness (QED) is 0.806. The van der Waals surface area contributed by atoms with Crippen LogP contribution in [0.25, 0.3) is 0 Å². The molecule has 23 heavy (non-hydrogen) atoms. The van der Waals surface area contributed by atoms with Crippen LogP contribution < -0.4 is 4.74 Å². The van der Waals surface area contributed by atoms with E-state index < -0.39 is 0 Å². The second-order valence-electron chi connectivity index (χ2n) is 6.81. The Morgan fingerprint density at radius 2 is 2.09 bits per heavy atom. The molecular formula is C19H29NO3. The number of benzene rings is 1. The van der Waals surface area contributed by atoms with Crippen molar-refractivity contribution in [2.24, 2.45) is 5.92 Å². The van der Waals surface area contributed by atoms with E-state index in [-0.39, 0.29) is 5.60 Å². The van der Waals surface area contributed by atoms with E-state index in [9.17, 15) is 0 Å². The molecule has 2 aliphatic rings. The monoisotopic (exact) mass is 319 g/mol. The minimum atomic E-state index is 0.114. The normalized spacial score (nSPS) is 24.2. The zero-order chi connectivity index (χ0) is 16.1. The van der Waals surface area contributed by atoms with E-state index in [1.54, 1.807) is 14.2 Å². The smallest absolute Gasteiger partial charge is 0.119 e. The Kier molecular flexibility index (Phi) is 5.57. The Morgan fingerprint density at radius 1 is 1.26 bits per heavy atom. The standard InChI is InChI=1S/C19H29NO3/c1-21-12-6-17-7-13-23-19(17)8-10-20(11-9-19)15-16-4-3-5-18(14-16)22-2/h3-5,14,17H,6-13,15H2,1-2H3/t17-/m0/s1. The van der Waals surface area contributed by atoms with Crippen molar-refractivity contribution in [2.75, 3.05) is 40.5 Å². The largest absolute Gasteiger partial charge is 0.497 e. The van der Waals surface area contributed by atoms with E-state index in [1.165, 1.54) is 12.0 Å². The molecule has 4 nitrogen and oxygen atoms in total. The van der Waals surface area contributed by atoms with Gasteiger partial charge in [-0.15, -0.1) is 0 Å². The zero-order valence-electron chi connectivity index (χ0n) is 14.4. The lowest BCUT2D eigenvalue weighted by Gasteiger charge is -2.42. The van der Waals surface area contributed by atoms with Crippen molar-refractivity contribution in [3.63, 3.8) is 0 Å². The summed E-state index contributed by atoms with van der Waals surface area (Å²) in [4.78, 5) is 2.54. The number of nitrogens with zero attached hydrogens (tertiary/aromatic N) is 1. The van der Waals surface area contributed by atoms with Crippen molar-refractivity contribution in [2.45, 2.75) is 37.8 Å². The van der Waals surface area contributed by atoms with Crippen LogP contribution in [0.3, 0.4) is 0 Å². The highest BCUT2D eigenvalue weighted by atomic mass is 16.5. The van der Waals surface area contributed by atoms with Gasteiger partial charge in [-0.1, -0.05) is 12.1 Å². The van der Waals surface area contributed by atoms with E-state index in [0.717, 1.165) is 57.9 Å². The molecule has 2 heterocycles. The molecule has 128 valence electrons. The lowest BCUT2D eigenvalue weighted by atomic mass is 9.78. The van der Waals surface area contributed by atoms with Gasteiger partial charge in [-0.2, -0.15) is 0 Å². The molecular weight excluding hydrogens is 290 g/mol. The Morgan fingerprint density at radius 3 is 2.83 bits per heavy atom. The zero-order valence-corrected chi connectivity index (χ0v) is 14.4. The predicted molar refractivity (Wildman–Crippen MR) is 90.8 cm³/mol. The summed E-state index contributed by atoms with van der Waals surface area (Å²) in [5.74, 6) is 1.61. The number of piperidine rings is 1. The summed E-state index contributed by atoms with van der Waals surface area (Å²) >= 11 is 0. The second kappa shape index (κ2) is 7.65. The molecule has 0 amide bonds. The molecule has 0 N–H and O–H groups in total. The van der Waals surface area contributed by atoms with Crippen LogP contribution in [-0.2, 0) is 16.0 Å². The maximum atomic E-state index is 6.22. The van der Waals surface area contributed by atoms with E-state index in [1.807, 2.05) is 6.07 Å². The van der Waals surface area contributed by atoms with E-state index in [4.69, 9.17) is 14.2 Å². The number of hydrogen-bond acceptors (Lipinski definition) is 4. The van der Waals surface area contributed by atoms with Gasteiger partial charge in [0.05, 0.1) is 12.7 Å². The van der Waals surface area contributed by atoms with Crippen LogP contribution in [0, 0.1) is 5.92 Å². The Labute approximate surface area is 139 Å². The number of ether oxygens (including phenoxy) is 3. The summed E-state index contributed by atoms with van der Waals surface area (Å²) in [5, 5.41) is 0. The first-order valence-corrected chi connectivity index (χ1v) is 8.74. The van der Waals surface area contributed by atoms with Crippen LogP contribution >= 0.6 is 0 Å². The Hall–Kier alpha value is -1.10. The third kappa shape index (κ3) is 3.87. The van der Waals surface area contributed by atoms with Crippen molar-refractivity contribution in [1.82, 2.24) is 4.90 Å². The summed E-state index contributed by atoms with van der Waals surface area (Å²) in [6.07, 6.45) is 4.61. The summed E-state index contributed by atoms with van der Waals surface area (Å²) in [6.45, 7) is 4.99. The topological polar surface area (TPSA) is 30.9 Å². The molecule has 0 unspecified atom stereocenters. The lowest BCUT2D eigenvalue weighted by molar-refractivity contribution is -0.0721. The van der Waals surface area contributed by atoms with Gasteiger partial charge in [-0.25, -0.2) is 0 Å². The van der Waals surface area contributed by atoms with Gasteiger partial charge < -0.3 is 14.2 Å². The van der Waals surface area contributed by atoms with Gasteiger partial charge in [0.15, 0.2) is 0 Å². The average molecular weight is 319 g/mol. The molecule has 2 saturated heterocycles. The fraction of sp³-hybridized carbons (Fsp3) is 0.684. The molecule has 3 rings (SSSR count). The first-order valence-electron chi connectivity index (χ1n) is 8.74. The van der Waals surface area contributed by atoms with Gasteiger partial charge in [0.1, 0.15) is 5.75 Å². The molecule has 1 spiro atoms.